The fourth-order valence-corrected chi connectivity index (χ4v) is 4.47. The average Bonchev–Trinajstić information content (AvgIpc) is 3.04. The van der Waals surface area contributed by atoms with Gasteiger partial charge in [-0.2, -0.15) is 0 Å². The number of piperazine rings is 1. The highest BCUT2D eigenvalue weighted by Gasteiger charge is 2.21. The summed E-state index contributed by atoms with van der Waals surface area (Å²) in [6.45, 7) is 4.12. The van der Waals surface area contributed by atoms with Gasteiger partial charge in [-0.1, -0.05) is 11.5 Å². The fourth-order valence-electron chi connectivity index (χ4n) is 3.43. The van der Waals surface area contributed by atoms with Gasteiger partial charge < -0.3 is 14.7 Å². The van der Waals surface area contributed by atoms with Crippen molar-refractivity contribution in [2.75, 3.05) is 44.7 Å². The number of ether oxygens (including phenoxy) is 1. The maximum absolute atomic E-state index is 12.6. The molecule has 8 nitrogen and oxygen atoms in total. The molecular formula is C19H23N5O3S. The molecule has 1 aliphatic rings. The molecule has 148 valence electrons. The Morgan fingerprint density at radius 1 is 1.18 bits per heavy atom. The van der Waals surface area contributed by atoms with Gasteiger partial charge >= 0.3 is 0 Å². The van der Waals surface area contributed by atoms with Crippen molar-refractivity contribution in [3.8, 4) is 5.75 Å². The number of aliphatic hydroxyl groups excluding tert-OH is 1. The molecule has 4 rings (SSSR count). The van der Waals surface area contributed by atoms with Crippen LogP contribution >= 0.6 is 11.5 Å². The summed E-state index contributed by atoms with van der Waals surface area (Å²) in [5.74, 6) is 1.41. The van der Waals surface area contributed by atoms with Crippen LogP contribution in [0.1, 0.15) is 0 Å². The molecule has 28 heavy (non-hydrogen) atoms. The molecule has 0 saturated carbocycles. The highest BCUT2D eigenvalue weighted by atomic mass is 32.1. The highest BCUT2D eigenvalue weighted by Crippen LogP contribution is 2.22. The lowest BCUT2D eigenvalue weighted by Crippen LogP contribution is -2.49. The molecule has 9 heteroatoms. The predicted octanol–water partition coefficient (Wildman–Crippen LogP) is 1.04. The Kier molecular flexibility index (Phi) is 5.56. The van der Waals surface area contributed by atoms with E-state index >= 15 is 0 Å². The first-order valence-corrected chi connectivity index (χ1v) is 10.0. The van der Waals surface area contributed by atoms with Crippen molar-refractivity contribution >= 4 is 27.6 Å². The van der Waals surface area contributed by atoms with Gasteiger partial charge in [0.25, 0.3) is 5.56 Å². The zero-order valence-corrected chi connectivity index (χ0v) is 16.5. The standard InChI is InChI=1S/C19H23N5O3S/c1-27-15-3-4-17-16(11-15)18(26)24(28-17)13-14(25)12-22-7-9-23(10-8-22)19-20-5-2-6-21-19/h2-6,11,14,25H,7-10,12-13H2,1H3. The van der Waals surface area contributed by atoms with E-state index in [1.54, 1.807) is 29.5 Å². The van der Waals surface area contributed by atoms with Crippen LogP contribution in [0.25, 0.3) is 10.1 Å². The smallest absolute Gasteiger partial charge is 0.268 e. The predicted molar refractivity (Wildman–Crippen MR) is 109 cm³/mol. The minimum atomic E-state index is -0.604. The SMILES string of the molecule is COc1ccc2sn(CC(O)CN3CCN(c4ncccn4)CC3)c(=O)c2c1. The molecule has 1 fully saturated rings. The van der Waals surface area contributed by atoms with Crippen LogP contribution < -0.4 is 15.2 Å². The van der Waals surface area contributed by atoms with E-state index in [-0.39, 0.29) is 5.56 Å². The van der Waals surface area contributed by atoms with Crippen molar-refractivity contribution in [2.24, 2.45) is 0 Å². The van der Waals surface area contributed by atoms with Gasteiger partial charge in [-0.3, -0.25) is 13.7 Å². The molecule has 0 aliphatic carbocycles. The number of methoxy groups -OCH3 is 1. The van der Waals surface area contributed by atoms with Gasteiger partial charge in [-0.25, -0.2) is 9.97 Å². The first-order valence-electron chi connectivity index (χ1n) is 9.24. The first kappa shape index (κ1) is 18.9. The van der Waals surface area contributed by atoms with Gasteiger partial charge in [-0.15, -0.1) is 0 Å². The number of aliphatic hydroxyl groups is 1. The van der Waals surface area contributed by atoms with Crippen LogP contribution in [-0.2, 0) is 6.54 Å². The molecule has 1 saturated heterocycles. The molecule has 0 bridgehead atoms. The van der Waals surface area contributed by atoms with E-state index in [1.807, 2.05) is 18.2 Å². The highest BCUT2D eigenvalue weighted by molar-refractivity contribution is 7.13. The molecule has 0 radical (unpaired) electrons. The molecular weight excluding hydrogens is 378 g/mol. The summed E-state index contributed by atoms with van der Waals surface area (Å²) >= 11 is 1.38. The largest absolute Gasteiger partial charge is 0.497 e. The number of nitrogens with zero attached hydrogens (tertiary/aromatic N) is 5. The molecule has 1 N–H and O–H groups in total. The summed E-state index contributed by atoms with van der Waals surface area (Å²) in [5.41, 5.74) is -0.0796. The second-order valence-electron chi connectivity index (χ2n) is 6.81. The average molecular weight is 401 g/mol. The summed E-state index contributed by atoms with van der Waals surface area (Å²) in [6, 6.07) is 7.28. The van der Waals surface area contributed by atoms with Crippen LogP contribution in [0.15, 0.2) is 41.5 Å². The van der Waals surface area contributed by atoms with E-state index < -0.39 is 6.10 Å². The molecule has 2 aromatic heterocycles. The Bertz CT molecular complexity index is 982. The first-order chi connectivity index (χ1) is 13.6. The summed E-state index contributed by atoms with van der Waals surface area (Å²) < 4.78 is 7.72. The van der Waals surface area contributed by atoms with Gasteiger partial charge in [-0.05, 0) is 24.3 Å². The van der Waals surface area contributed by atoms with Crippen molar-refractivity contribution in [3.05, 3.63) is 47.0 Å². The van der Waals surface area contributed by atoms with Crippen LogP contribution in [0.4, 0.5) is 5.95 Å². The molecule has 3 heterocycles. The minimum absolute atomic E-state index is 0.0796. The lowest BCUT2D eigenvalue weighted by atomic mass is 10.2. The van der Waals surface area contributed by atoms with Crippen LogP contribution in [0.3, 0.4) is 0 Å². The van der Waals surface area contributed by atoms with Gasteiger partial charge in [0.15, 0.2) is 0 Å². The van der Waals surface area contributed by atoms with Crippen LogP contribution in [0.5, 0.6) is 5.75 Å². The van der Waals surface area contributed by atoms with Gasteiger partial charge in [0.1, 0.15) is 5.75 Å². The maximum atomic E-state index is 12.6. The zero-order valence-electron chi connectivity index (χ0n) is 15.7. The number of aromatic nitrogens is 3. The third kappa shape index (κ3) is 4.01. The quantitative estimate of drug-likeness (QED) is 0.661. The number of benzene rings is 1. The summed E-state index contributed by atoms with van der Waals surface area (Å²) in [7, 11) is 1.58. The van der Waals surface area contributed by atoms with Crippen LogP contribution in [-0.4, -0.2) is 69.9 Å². The fraction of sp³-hybridized carbons (Fsp3) is 0.421. The Balaban J connectivity index is 1.35. The summed E-state index contributed by atoms with van der Waals surface area (Å²) in [4.78, 5) is 25.5. The number of fused-ring (bicyclic) bond motifs is 1. The van der Waals surface area contributed by atoms with Crippen molar-refractivity contribution in [1.82, 2.24) is 18.8 Å². The lowest BCUT2D eigenvalue weighted by molar-refractivity contribution is 0.0966. The van der Waals surface area contributed by atoms with E-state index in [0.29, 0.717) is 24.2 Å². The monoisotopic (exact) mass is 401 g/mol. The molecule has 1 atom stereocenters. The Hall–Kier alpha value is -2.49. The zero-order chi connectivity index (χ0) is 19.5. The Labute approximate surface area is 166 Å². The van der Waals surface area contributed by atoms with Crippen molar-refractivity contribution in [1.29, 1.82) is 0 Å². The van der Waals surface area contributed by atoms with Crippen LogP contribution in [0.2, 0.25) is 0 Å². The molecule has 1 aliphatic heterocycles. The number of β-amino-alcohol motifs (C(OH)–C–C–N with tert-alkyl or cyclic N) is 1. The minimum Gasteiger partial charge on any atom is -0.497 e. The van der Waals surface area contributed by atoms with E-state index in [2.05, 4.69) is 19.8 Å². The molecule has 0 spiro atoms. The summed E-state index contributed by atoms with van der Waals surface area (Å²) in [6.07, 6.45) is 2.89. The van der Waals surface area contributed by atoms with E-state index in [1.165, 1.54) is 11.5 Å². The van der Waals surface area contributed by atoms with Gasteiger partial charge in [0, 0.05) is 45.1 Å². The normalized spacial score (nSPS) is 16.4. The van der Waals surface area contributed by atoms with Crippen molar-refractivity contribution in [2.45, 2.75) is 12.6 Å². The van der Waals surface area contributed by atoms with Crippen molar-refractivity contribution in [3.63, 3.8) is 0 Å². The Morgan fingerprint density at radius 3 is 2.64 bits per heavy atom. The molecule has 1 aromatic carbocycles. The topological polar surface area (TPSA) is 83.7 Å². The van der Waals surface area contributed by atoms with E-state index in [0.717, 1.165) is 36.8 Å². The van der Waals surface area contributed by atoms with Gasteiger partial charge in [0.2, 0.25) is 5.95 Å². The van der Waals surface area contributed by atoms with Crippen LogP contribution in [0, 0.1) is 0 Å². The maximum Gasteiger partial charge on any atom is 0.268 e. The Morgan fingerprint density at radius 2 is 1.93 bits per heavy atom. The van der Waals surface area contributed by atoms with E-state index in [9.17, 15) is 9.90 Å². The number of rotatable bonds is 6. The molecule has 3 aromatic rings. The lowest BCUT2D eigenvalue weighted by Gasteiger charge is -2.35. The number of hydrogen-bond acceptors (Lipinski definition) is 8. The van der Waals surface area contributed by atoms with E-state index in [4.69, 9.17) is 4.74 Å². The second kappa shape index (κ2) is 8.26. The van der Waals surface area contributed by atoms with Gasteiger partial charge in [0.05, 0.1) is 29.8 Å². The van der Waals surface area contributed by atoms with Crippen molar-refractivity contribution < 1.29 is 9.84 Å². The molecule has 1 unspecified atom stereocenters. The second-order valence-corrected chi connectivity index (χ2v) is 7.87. The number of hydrogen-bond donors (Lipinski definition) is 1. The number of anilines is 1. The third-order valence-corrected chi connectivity index (χ3v) is 5.99. The third-order valence-electron chi connectivity index (χ3n) is 4.90. The molecule has 0 amide bonds. The summed E-state index contributed by atoms with van der Waals surface area (Å²) in [5, 5.41) is 11.2.